The number of carbonyl (C=O) groups is 1. The molecule has 0 atom stereocenters. The van der Waals surface area contributed by atoms with Crippen LogP contribution in [0.3, 0.4) is 0 Å². The SMILES string of the molecule is N#Cc1ccnc(SCC(=O)N(/N=C/c2ccccc2)c2cccc(C(F)(F)F)c2)c1. The van der Waals surface area contributed by atoms with Crippen molar-refractivity contribution in [2.24, 2.45) is 5.10 Å². The maximum Gasteiger partial charge on any atom is 0.416 e. The second-order valence-corrected chi connectivity index (χ2v) is 7.19. The number of aromatic nitrogens is 1. The van der Waals surface area contributed by atoms with Gasteiger partial charge in [0.15, 0.2) is 0 Å². The zero-order valence-corrected chi connectivity index (χ0v) is 16.8. The molecule has 3 rings (SSSR count). The molecule has 3 aromatic rings. The molecule has 1 amide bonds. The zero-order valence-electron chi connectivity index (χ0n) is 16.0. The number of pyridine rings is 1. The first kappa shape index (κ1) is 22.1. The predicted octanol–water partition coefficient (Wildman–Crippen LogP) is 5.13. The van der Waals surface area contributed by atoms with Crippen LogP contribution in [0.25, 0.3) is 0 Å². The van der Waals surface area contributed by atoms with Crippen LogP contribution in [0, 0.1) is 11.3 Å². The molecule has 0 bridgehead atoms. The van der Waals surface area contributed by atoms with Gasteiger partial charge in [0, 0.05) is 6.20 Å². The van der Waals surface area contributed by atoms with Gasteiger partial charge in [-0.25, -0.2) is 9.99 Å². The molecule has 1 heterocycles. The molecule has 2 aromatic carbocycles. The monoisotopic (exact) mass is 440 g/mol. The molecular weight excluding hydrogens is 425 g/mol. The molecule has 0 radical (unpaired) electrons. The van der Waals surface area contributed by atoms with Crippen LogP contribution < -0.4 is 5.01 Å². The van der Waals surface area contributed by atoms with Gasteiger partial charge in [0.25, 0.3) is 5.91 Å². The Morgan fingerprint density at radius 1 is 1.13 bits per heavy atom. The van der Waals surface area contributed by atoms with E-state index in [9.17, 15) is 18.0 Å². The lowest BCUT2D eigenvalue weighted by molar-refractivity contribution is -0.137. The summed E-state index contributed by atoms with van der Waals surface area (Å²) in [7, 11) is 0. The minimum absolute atomic E-state index is 0.00802. The lowest BCUT2D eigenvalue weighted by Gasteiger charge is -2.18. The molecule has 0 saturated carbocycles. The number of halogens is 3. The third kappa shape index (κ3) is 6.17. The molecule has 0 aliphatic rings. The van der Waals surface area contributed by atoms with E-state index >= 15 is 0 Å². The van der Waals surface area contributed by atoms with Crippen LogP contribution >= 0.6 is 11.8 Å². The topological polar surface area (TPSA) is 69.3 Å². The van der Waals surface area contributed by atoms with E-state index in [0.29, 0.717) is 16.2 Å². The van der Waals surface area contributed by atoms with Crippen molar-refractivity contribution in [3.8, 4) is 6.07 Å². The van der Waals surface area contributed by atoms with Crippen molar-refractivity contribution in [1.29, 1.82) is 5.26 Å². The number of hydrogen-bond acceptors (Lipinski definition) is 5. The third-order valence-electron chi connectivity index (χ3n) is 3.98. The van der Waals surface area contributed by atoms with Crippen molar-refractivity contribution in [2.45, 2.75) is 11.2 Å². The molecular formula is C22H15F3N4OS. The molecule has 0 aliphatic carbocycles. The summed E-state index contributed by atoms with van der Waals surface area (Å²) in [6.07, 6.45) is -1.70. The van der Waals surface area contributed by atoms with Gasteiger partial charge in [-0.05, 0) is 35.9 Å². The molecule has 5 nitrogen and oxygen atoms in total. The standard InChI is InChI=1S/C22H15F3N4OS/c23-22(24,25)18-7-4-8-19(12-18)29(28-14-16-5-2-1-3-6-16)21(30)15-31-20-11-17(13-26)9-10-27-20/h1-12,14H,15H2/b28-14+. The quantitative estimate of drug-likeness (QED) is 0.303. The van der Waals surface area contributed by atoms with E-state index in [-0.39, 0.29) is 11.4 Å². The number of carbonyl (C=O) groups excluding carboxylic acids is 1. The van der Waals surface area contributed by atoms with Crippen LogP contribution in [-0.4, -0.2) is 22.9 Å². The maximum atomic E-state index is 13.1. The number of rotatable bonds is 6. The number of alkyl halides is 3. The van der Waals surface area contributed by atoms with E-state index in [1.54, 1.807) is 24.3 Å². The van der Waals surface area contributed by atoms with Crippen molar-refractivity contribution in [1.82, 2.24) is 4.98 Å². The molecule has 0 unspecified atom stereocenters. The van der Waals surface area contributed by atoms with E-state index in [0.717, 1.165) is 28.9 Å². The van der Waals surface area contributed by atoms with Crippen LogP contribution in [0.15, 0.2) is 83.1 Å². The smallest absolute Gasteiger partial charge is 0.272 e. The Labute approximate surface area is 180 Å². The van der Waals surface area contributed by atoms with Crippen molar-refractivity contribution in [2.75, 3.05) is 10.8 Å². The van der Waals surface area contributed by atoms with Crippen molar-refractivity contribution in [3.05, 3.63) is 89.6 Å². The lowest BCUT2D eigenvalue weighted by atomic mass is 10.2. The normalized spacial score (nSPS) is 11.3. The van der Waals surface area contributed by atoms with Gasteiger partial charge >= 0.3 is 6.18 Å². The Bertz CT molecular complexity index is 1130. The van der Waals surface area contributed by atoms with Crippen molar-refractivity contribution in [3.63, 3.8) is 0 Å². The number of hydrogen-bond donors (Lipinski definition) is 0. The fourth-order valence-electron chi connectivity index (χ4n) is 2.51. The lowest BCUT2D eigenvalue weighted by Crippen LogP contribution is -2.27. The molecule has 0 spiro atoms. The highest BCUT2D eigenvalue weighted by molar-refractivity contribution is 7.99. The molecule has 0 fully saturated rings. The van der Waals surface area contributed by atoms with E-state index in [2.05, 4.69) is 10.1 Å². The van der Waals surface area contributed by atoms with Crippen molar-refractivity contribution >= 4 is 29.6 Å². The number of anilines is 1. The van der Waals surface area contributed by atoms with Gasteiger partial charge < -0.3 is 0 Å². The van der Waals surface area contributed by atoms with Crippen molar-refractivity contribution < 1.29 is 18.0 Å². The fraction of sp³-hybridized carbons (Fsp3) is 0.0909. The largest absolute Gasteiger partial charge is 0.416 e. The molecule has 0 N–H and O–H groups in total. The van der Waals surface area contributed by atoms with E-state index in [1.165, 1.54) is 36.7 Å². The summed E-state index contributed by atoms with van der Waals surface area (Å²) in [6, 6.07) is 18.3. The molecule has 0 aliphatic heterocycles. The summed E-state index contributed by atoms with van der Waals surface area (Å²) >= 11 is 1.06. The first-order chi connectivity index (χ1) is 14.9. The molecule has 0 saturated heterocycles. The average molecular weight is 440 g/mol. The summed E-state index contributed by atoms with van der Waals surface area (Å²) in [4.78, 5) is 17.0. The van der Waals surface area contributed by atoms with Crippen LogP contribution in [-0.2, 0) is 11.0 Å². The van der Waals surface area contributed by atoms with E-state index in [1.807, 2.05) is 12.1 Å². The average Bonchev–Trinajstić information content (AvgIpc) is 2.78. The summed E-state index contributed by atoms with van der Waals surface area (Å²) in [5.41, 5.74) is 0.185. The van der Waals surface area contributed by atoms with Gasteiger partial charge in [-0.1, -0.05) is 48.2 Å². The third-order valence-corrected chi connectivity index (χ3v) is 4.89. The van der Waals surface area contributed by atoms with E-state index < -0.39 is 17.6 Å². The van der Waals surface area contributed by atoms with Gasteiger partial charge in [-0.15, -0.1) is 0 Å². The van der Waals surface area contributed by atoms with Crippen LogP contribution in [0.2, 0.25) is 0 Å². The van der Waals surface area contributed by atoms with Gasteiger partial charge in [-0.3, -0.25) is 4.79 Å². The summed E-state index contributed by atoms with van der Waals surface area (Å²) in [6.45, 7) is 0. The summed E-state index contributed by atoms with van der Waals surface area (Å²) in [5.74, 6) is -0.676. The Hall–Kier alpha value is -3.64. The Morgan fingerprint density at radius 2 is 1.90 bits per heavy atom. The number of nitrogens with zero attached hydrogens (tertiary/aromatic N) is 4. The minimum Gasteiger partial charge on any atom is -0.272 e. The summed E-state index contributed by atoms with van der Waals surface area (Å²) in [5, 5.41) is 14.5. The Morgan fingerprint density at radius 3 is 2.61 bits per heavy atom. The number of hydrazone groups is 1. The molecule has 156 valence electrons. The predicted molar refractivity (Wildman–Crippen MR) is 113 cm³/mol. The molecule has 9 heteroatoms. The Kier molecular flexibility index (Phi) is 7.05. The summed E-state index contributed by atoms with van der Waals surface area (Å²) < 4.78 is 39.4. The second kappa shape index (κ2) is 9.91. The van der Waals surface area contributed by atoms with Crippen LogP contribution in [0.4, 0.5) is 18.9 Å². The first-order valence-electron chi connectivity index (χ1n) is 8.95. The fourth-order valence-corrected chi connectivity index (χ4v) is 3.25. The molecule has 1 aromatic heterocycles. The highest BCUT2D eigenvalue weighted by atomic mass is 32.2. The van der Waals surface area contributed by atoms with Gasteiger partial charge in [-0.2, -0.15) is 23.5 Å². The number of thioether (sulfide) groups is 1. The highest BCUT2D eigenvalue weighted by Crippen LogP contribution is 2.32. The van der Waals surface area contributed by atoms with Crippen LogP contribution in [0.1, 0.15) is 16.7 Å². The highest BCUT2D eigenvalue weighted by Gasteiger charge is 2.31. The maximum absolute atomic E-state index is 13.1. The first-order valence-corrected chi connectivity index (χ1v) is 9.93. The second-order valence-electron chi connectivity index (χ2n) is 6.19. The Balaban J connectivity index is 1.87. The number of nitriles is 1. The van der Waals surface area contributed by atoms with Crippen LogP contribution in [0.5, 0.6) is 0 Å². The zero-order chi connectivity index (χ0) is 22.3. The van der Waals surface area contributed by atoms with Gasteiger partial charge in [0.2, 0.25) is 0 Å². The van der Waals surface area contributed by atoms with Gasteiger partial charge in [0.05, 0.1) is 39.9 Å². The number of benzene rings is 2. The van der Waals surface area contributed by atoms with Gasteiger partial charge in [0.1, 0.15) is 0 Å². The molecule has 31 heavy (non-hydrogen) atoms. The minimum atomic E-state index is -4.55. The number of amides is 1. The van der Waals surface area contributed by atoms with E-state index in [4.69, 9.17) is 5.26 Å².